The van der Waals surface area contributed by atoms with Gasteiger partial charge in [-0.2, -0.15) is 0 Å². The van der Waals surface area contributed by atoms with Gasteiger partial charge >= 0.3 is 12.1 Å². The maximum Gasteiger partial charge on any atom is 0.416 e. The second kappa shape index (κ2) is 9.19. The van der Waals surface area contributed by atoms with Crippen LogP contribution < -0.4 is 10.1 Å². The number of carbonyl (C=O) groups is 3. The van der Waals surface area contributed by atoms with Crippen molar-refractivity contribution in [3.05, 3.63) is 62.1 Å². The number of benzene rings is 2. The van der Waals surface area contributed by atoms with Gasteiger partial charge in [-0.05, 0) is 37.1 Å². The fraction of sp³-hybridized carbons (Fsp3) is 0.211. The quantitative estimate of drug-likeness (QED) is 0.495. The average Bonchev–Trinajstić information content (AvgIpc) is 3.21. The number of carboxylic acids is 1. The van der Waals surface area contributed by atoms with E-state index in [9.17, 15) is 29.6 Å². The highest BCUT2D eigenvalue weighted by Crippen LogP contribution is 2.30. The Morgan fingerprint density at radius 2 is 1.94 bits per heavy atom. The second-order valence-electron chi connectivity index (χ2n) is 6.57. The summed E-state index contributed by atoms with van der Waals surface area (Å²) in [4.78, 5) is 47.8. The largest absolute Gasteiger partial charge is 0.480 e. The number of hydrogen-bond donors (Lipinski definition) is 2. The molecule has 162 valence electrons. The van der Waals surface area contributed by atoms with Crippen LogP contribution in [0.1, 0.15) is 23.2 Å². The summed E-state index contributed by atoms with van der Waals surface area (Å²) in [6.45, 7) is 0.212. The molecule has 0 aliphatic carbocycles. The van der Waals surface area contributed by atoms with Gasteiger partial charge in [-0.25, -0.2) is 9.59 Å². The number of likely N-dealkylation sites (tertiary alicyclic amines) is 1. The predicted octanol–water partition coefficient (Wildman–Crippen LogP) is 4.20. The fourth-order valence-electron chi connectivity index (χ4n) is 3.07. The third-order valence-corrected chi connectivity index (χ3v) is 5.12. The number of rotatable bonds is 5. The molecule has 0 saturated carbocycles. The number of nitrogens with zero attached hydrogens (tertiary/aromatic N) is 2. The number of amides is 2. The van der Waals surface area contributed by atoms with Crippen LogP contribution in [0.3, 0.4) is 0 Å². The number of anilines is 1. The first-order chi connectivity index (χ1) is 14.7. The summed E-state index contributed by atoms with van der Waals surface area (Å²) < 4.78 is 5.29. The van der Waals surface area contributed by atoms with Crippen molar-refractivity contribution >= 4 is 52.5 Å². The summed E-state index contributed by atoms with van der Waals surface area (Å²) >= 11 is 12.0. The first-order valence-corrected chi connectivity index (χ1v) is 9.69. The minimum atomic E-state index is -1.14. The van der Waals surface area contributed by atoms with Crippen LogP contribution in [0.15, 0.2) is 36.4 Å². The Morgan fingerprint density at radius 1 is 1.19 bits per heavy atom. The smallest absolute Gasteiger partial charge is 0.416 e. The monoisotopic (exact) mass is 467 g/mol. The third-order valence-electron chi connectivity index (χ3n) is 4.57. The Hall–Kier alpha value is -3.37. The fourth-order valence-corrected chi connectivity index (χ4v) is 3.47. The van der Waals surface area contributed by atoms with Gasteiger partial charge in [0.1, 0.15) is 11.8 Å². The molecular formula is C19H15Cl2N3O7. The van der Waals surface area contributed by atoms with Crippen LogP contribution in [0.2, 0.25) is 10.0 Å². The molecule has 1 atom stereocenters. The first kappa shape index (κ1) is 22.3. The average molecular weight is 468 g/mol. The van der Waals surface area contributed by atoms with Gasteiger partial charge < -0.3 is 15.2 Å². The van der Waals surface area contributed by atoms with Gasteiger partial charge in [0.15, 0.2) is 0 Å². The molecule has 1 aliphatic rings. The van der Waals surface area contributed by atoms with Gasteiger partial charge in [-0.3, -0.25) is 19.8 Å². The van der Waals surface area contributed by atoms with E-state index in [4.69, 9.17) is 27.9 Å². The molecule has 2 aromatic rings. The number of nitro benzene ring substituents is 1. The molecule has 0 aromatic heterocycles. The molecule has 2 N–H and O–H groups in total. The molecule has 3 rings (SSSR count). The van der Waals surface area contributed by atoms with Gasteiger partial charge in [0.2, 0.25) is 0 Å². The lowest BCUT2D eigenvalue weighted by Gasteiger charge is -2.21. The van der Waals surface area contributed by atoms with Crippen molar-refractivity contribution in [3.8, 4) is 5.75 Å². The number of carboxylic acid groups (broad SMARTS) is 1. The number of nitro groups is 1. The molecule has 12 heteroatoms. The van der Waals surface area contributed by atoms with Crippen LogP contribution in [0, 0.1) is 10.1 Å². The van der Waals surface area contributed by atoms with Crippen LogP contribution in [0.5, 0.6) is 5.75 Å². The third kappa shape index (κ3) is 5.04. The van der Waals surface area contributed by atoms with E-state index in [1.165, 1.54) is 30.3 Å². The minimum absolute atomic E-state index is 0.0653. The molecule has 1 fully saturated rings. The van der Waals surface area contributed by atoms with Crippen molar-refractivity contribution in [1.29, 1.82) is 0 Å². The highest BCUT2D eigenvalue weighted by molar-refractivity contribution is 6.34. The van der Waals surface area contributed by atoms with Gasteiger partial charge in [-0.1, -0.05) is 23.2 Å². The van der Waals surface area contributed by atoms with Crippen LogP contribution in [-0.4, -0.2) is 45.5 Å². The van der Waals surface area contributed by atoms with Crippen LogP contribution in [-0.2, 0) is 4.79 Å². The summed E-state index contributed by atoms with van der Waals surface area (Å²) in [5, 5.41) is 22.7. The van der Waals surface area contributed by atoms with Crippen LogP contribution >= 0.6 is 23.2 Å². The van der Waals surface area contributed by atoms with E-state index in [1.807, 2.05) is 0 Å². The van der Waals surface area contributed by atoms with Crippen LogP contribution in [0.4, 0.5) is 16.2 Å². The zero-order chi connectivity index (χ0) is 22.7. The maximum absolute atomic E-state index is 12.8. The molecule has 1 saturated heterocycles. The predicted molar refractivity (Wildman–Crippen MR) is 111 cm³/mol. The minimum Gasteiger partial charge on any atom is -0.480 e. The van der Waals surface area contributed by atoms with Gasteiger partial charge in [0, 0.05) is 23.7 Å². The number of hydrogen-bond acceptors (Lipinski definition) is 6. The first-order valence-electron chi connectivity index (χ1n) is 8.93. The molecule has 10 nitrogen and oxygen atoms in total. The Kier molecular flexibility index (Phi) is 6.62. The zero-order valence-electron chi connectivity index (χ0n) is 15.7. The van der Waals surface area contributed by atoms with Crippen molar-refractivity contribution in [2.24, 2.45) is 0 Å². The molecule has 2 aromatic carbocycles. The lowest BCUT2D eigenvalue weighted by atomic mass is 10.1. The summed E-state index contributed by atoms with van der Waals surface area (Å²) in [5.41, 5.74) is -0.264. The van der Waals surface area contributed by atoms with Crippen molar-refractivity contribution in [3.63, 3.8) is 0 Å². The Balaban J connectivity index is 1.83. The molecule has 1 heterocycles. The lowest BCUT2D eigenvalue weighted by Crippen LogP contribution is -2.42. The van der Waals surface area contributed by atoms with E-state index in [-0.39, 0.29) is 39.3 Å². The standard InChI is InChI=1S/C19H15Cl2N3O7/c20-10-3-6-16(31-19(28)23-7-1-2-15(23)18(26)27)12(8-10)17(25)22-14-5-4-11(24(29)30)9-13(14)21/h3-6,8-9,15H,1-2,7H2,(H,22,25)(H,26,27). The number of aliphatic carboxylic acids is 1. The van der Waals surface area contributed by atoms with Crippen LogP contribution in [0.25, 0.3) is 0 Å². The van der Waals surface area contributed by atoms with Crippen molar-refractivity contribution in [2.75, 3.05) is 11.9 Å². The van der Waals surface area contributed by atoms with E-state index in [1.54, 1.807) is 0 Å². The van der Waals surface area contributed by atoms with Gasteiger partial charge in [0.25, 0.3) is 11.6 Å². The van der Waals surface area contributed by atoms with Crippen molar-refractivity contribution < 1.29 is 29.2 Å². The Morgan fingerprint density at radius 3 is 2.58 bits per heavy atom. The number of non-ortho nitro benzene ring substituents is 1. The highest BCUT2D eigenvalue weighted by Gasteiger charge is 2.35. The van der Waals surface area contributed by atoms with Crippen molar-refractivity contribution in [1.82, 2.24) is 4.90 Å². The van der Waals surface area contributed by atoms with Gasteiger partial charge in [0.05, 0.1) is 21.2 Å². The van der Waals surface area contributed by atoms with E-state index >= 15 is 0 Å². The Bertz CT molecular complexity index is 1080. The zero-order valence-corrected chi connectivity index (χ0v) is 17.2. The maximum atomic E-state index is 12.8. The molecule has 0 radical (unpaired) electrons. The van der Waals surface area contributed by atoms with Crippen molar-refractivity contribution in [2.45, 2.75) is 18.9 Å². The number of halogens is 2. The molecule has 31 heavy (non-hydrogen) atoms. The number of ether oxygens (including phenoxy) is 1. The van der Waals surface area contributed by atoms with E-state index in [2.05, 4.69) is 5.32 Å². The molecule has 1 unspecified atom stereocenters. The normalized spacial score (nSPS) is 15.4. The van der Waals surface area contributed by atoms with E-state index in [0.29, 0.717) is 12.8 Å². The number of nitrogens with one attached hydrogen (secondary N) is 1. The topological polar surface area (TPSA) is 139 Å². The summed E-state index contributed by atoms with van der Waals surface area (Å²) in [6.07, 6.45) is -0.0926. The molecular weight excluding hydrogens is 453 g/mol. The van der Waals surface area contributed by atoms with E-state index in [0.717, 1.165) is 11.0 Å². The molecule has 0 bridgehead atoms. The van der Waals surface area contributed by atoms with E-state index < -0.39 is 28.9 Å². The molecule has 1 aliphatic heterocycles. The lowest BCUT2D eigenvalue weighted by molar-refractivity contribution is -0.384. The SMILES string of the molecule is O=C(Nc1ccc([N+](=O)[O-])cc1Cl)c1cc(Cl)ccc1OC(=O)N1CCCC1C(=O)O. The molecule has 0 spiro atoms. The summed E-state index contributed by atoms with van der Waals surface area (Å²) in [6, 6.07) is 6.47. The number of carbonyl (C=O) groups excluding carboxylic acids is 2. The highest BCUT2D eigenvalue weighted by atomic mass is 35.5. The second-order valence-corrected chi connectivity index (χ2v) is 7.42. The Labute approximate surface area is 185 Å². The van der Waals surface area contributed by atoms with Gasteiger partial charge in [-0.15, -0.1) is 0 Å². The summed E-state index contributed by atoms with van der Waals surface area (Å²) in [5.74, 6) is -2.02. The summed E-state index contributed by atoms with van der Waals surface area (Å²) in [7, 11) is 0. The molecule has 2 amide bonds.